The number of hydrogen-bond donors (Lipinski definition) is 2. The Labute approximate surface area is 89.0 Å². The van der Waals surface area contributed by atoms with Crippen LogP contribution in [0.3, 0.4) is 0 Å². The summed E-state index contributed by atoms with van der Waals surface area (Å²) in [5, 5.41) is 18.0. The molecule has 0 aliphatic carbocycles. The van der Waals surface area contributed by atoms with Crippen molar-refractivity contribution < 1.29 is 24.5 Å². The van der Waals surface area contributed by atoms with Crippen LogP contribution in [0.15, 0.2) is 0 Å². The van der Waals surface area contributed by atoms with Crippen LogP contribution in [-0.4, -0.2) is 35.4 Å². The van der Waals surface area contributed by atoms with E-state index in [9.17, 15) is 9.59 Å². The molecule has 0 aliphatic heterocycles. The summed E-state index contributed by atoms with van der Waals surface area (Å²) in [4.78, 5) is 22.0. The van der Waals surface area contributed by atoms with Gasteiger partial charge in [-0.05, 0) is 27.7 Å². The third kappa shape index (κ3) is 2.47. The van der Waals surface area contributed by atoms with Crippen LogP contribution in [0, 0.1) is 10.8 Å². The minimum atomic E-state index is -1.25. The first-order valence-corrected chi connectivity index (χ1v) is 4.58. The van der Waals surface area contributed by atoms with Crippen LogP contribution in [0.5, 0.6) is 0 Å². The zero-order chi connectivity index (χ0) is 12.4. The highest BCUT2D eigenvalue weighted by Crippen LogP contribution is 2.36. The number of methoxy groups -OCH3 is 1. The van der Waals surface area contributed by atoms with Gasteiger partial charge in [-0.2, -0.15) is 0 Å². The summed E-state index contributed by atoms with van der Waals surface area (Å²) in [6.45, 7) is 5.81. The number of carboxylic acids is 2. The average molecular weight is 218 g/mol. The van der Waals surface area contributed by atoms with E-state index in [-0.39, 0.29) is 0 Å². The Balaban J connectivity index is 5.25. The molecule has 2 N–H and O–H groups in total. The van der Waals surface area contributed by atoms with Crippen LogP contribution in [-0.2, 0) is 14.3 Å². The zero-order valence-corrected chi connectivity index (χ0v) is 9.70. The molecule has 0 fully saturated rings. The van der Waals surface area contributed by atoms with E-state index in [1.807, 2.05) is 0 Å². The highest BCUT2D eigenvalue weighted by molar-refractivity contribution is 5.79. The molecule has 0 saturated carbocycles. The Bertz CT molecular complexity index is 241. The predicted octanol–water partition coefficient (Wildman–Crippen LogP) is 1.22. The largest absolute Gasteiger partial charge is 0.481 e. The van der Waals surface area contributed by atoms with Crippen LogP contribution in [0.1, 0.15) is 27.7 Å². The third-order valence-corrected chi connectivity index (χ3v) is 2.65. The minimum Gasteiger partial charge on any atom is -0.481 e. The molecule has 0 heterocycles. The minimum absolute atomic E-state index is 0.903. The van der Waals surface area contributed by atoms with E-state index in [1.165, 1.54) is 34.8 Å². The van der Waals surface area contributed by atoms with E-state index >= 15 is 0 Å². The molecular formula is C10H18O5. The van der Waals surface area contributed by atoms with Crippen LogP contribution in [0.25, 0.3) is 0 Å². The molecule has 0 aromatic heterocycles. The molecule has 0 aromatic rings. The van der Waals surface area contributed by atoms with Gasteiger partial charge in [-0.15, -0.1) is 0 Å². The Hall–Kier alpha value is -1.10. The summed E-state index contributed by atoms with van der Waals surface area (Å²) < 4.78 is 5.04. The molecule has 0 unspecified atom stereocenters. The quantitative estimate of drug-likeness (QED) is 0.724. The molecule has 0 rings (SSSR count). The van der Waals surface area contributed by atoms with Crippen molar-refractivity contribution in [1.82, 2.24) is 0 Å². The van der Waals surface area contributed by atoms with Crippen molar-refractivity contribution in [3.05, 3.63) is 0 Å². The highest BCUT2D eigenvalue weighted by Gasteiger charge is 2.49. The fourth-order valence-electron chi connectivity index (χ4n) is 1.72. The van der Waals surface area contributed by atoms with Gasteiger partial charge in [-0.25, -0.2) is 0 Å². The molecule has 88 valence electrons. The first-order valence-electron chi connectivity index (χ1n) is 4.58. The maximum atomic E-state index is 11.0. The Kier molecular flexibility index (Phi) is 3.88. The van der Waals surface area contributed by atoms with Gasteiger partial charge in [0.05, 0.1) is 16.9 Å². The standard InChI is InChI=1S/C10H18O5/c1-9(2,7(11)12)6(15-5)10(3,4)8(13)14/h6H,1-5H3,(H,11,12)(H,13,14). The Morgan fingerprint density at radius 2 is 1.27 bits per heavy atom. The fraction of sp³-hybridized carbons (Fsp3) is 0.800. The lowest BCUT2D eigenvalue weighted by atomic mass is 9.72. The molecule has 0 spiro atoms. The molecular weight excluding hydrogens is 200 g/mol. The lowest BCUT2D eigenvalue weighted by molar-refractivity contribution is -0.173. The number of carbonyl (C=O) groups is 2. The van der Waals surface area contributed by atoms with Gasteiger partial charge in [0.1, 0.15) is 0 Å². The summed E-state index contributed by atoms with van der Waals surface area (Å²) in [5.74, 6) is -2.16. The van der Waals surface area contributed by atoms with E-state index in [4.69, 9.17) is 14.9 Å². The molecule has 0 bridgehead atoms. The van der Waals surface area contributed by atoms with Crippen molar-refractivity contribution in [3.63, 3.8) is 0 Å². The van der Waals surface area contributed by atoms with Gasteiger partial charge in [0.15, 0.2) is 0 Å². The van der Waals surface area contributed by atoms with E-state index in [0.29, 0.717) is 0 Å². The number of rotatable bonds is 5. The van der Waals surface area contributed by atoms with Gasteiger partial charge in [-0.3, -0.25) is 9.59 Å². The summed E-state index contributed by atoms with van der Waals surface area (Å²) in [5.41, 5.74) is -2.51. The summed E-state index contributed by atoms with van der Waals surface area (Å²) in [6.07, 6.45) is -0.903. The molecule has 5 heteroatoms. The van der Waals surface area contributed by atoms with E-state index < -0.39 is 28.9 Å². The monoisotopic (exact) mass is 218 g/mol. The lowest BCUT2D eigenvalue weighted by Gasteiger charge is -2.38. The highest BCUT2D eigenvalue weighted by atomic mass is 16.5. The van der Waals surface area contributed by atoms with Gasteiger partial charge < -0.3 is 14.9 Å². The number of hydrogen-bond acceptors (Lipinski definition) is 3. The maximum Gasteiger partial charge on any atom is 0.311 e. The second kappa shape index (κ2) is 4.18. The third-order valence-electron chi connectivity index (χ3n) is 2.65. The molecule has 0 amide bonds. The van der Waals surface area contributed by atoms with Crippen molar-refractivity contribution in [3.8, 4) is 0 Å². The predicted molar refractivity (Wildman–Crippen MR) is 53.6 cm³/mol. The summed E-state index contributed by atoms with van der Waals surface area (Å²) in [7, 11) is 1.32. The topological polar surface area (TPSA) is 83.8 Å². The molecule has 0 radical (unpaired) electrons. The molecule has 0 aromatic carbocycles. The molecule has 15 heavy (non-hydrogen) atoms. The molecule has 0 saturated heterocycles. The SMILES string of the molecule is COC(C(C)(C)C(=O)O)C(C)(C)C(=O)O. The van der Waals surface area contributed by atoms with Gasteiger partial charge >= 0.3 is 11.9 Å². The number of ether oxygens (including phenoxy) is 1. The zero-order valence-electron chi connectivity index (χ0n) is 9.70. The van der Waals surface area contributed by atoms with Crippen molar-refractivity contribution in [2.45, 2.75) is 33.8 Å². The first-order chi connectivity index (χ1) is 6.58. The van der Waals surface area contributed by atoms with Gasteiger partial charge in [0.2, 0.25) is 0 Å². The van der Waals surface area contributed by atoms with Crippen molar-refractivity contribution in [1.29, 1.82) is 0 Å². The van der Waals surface area contributed by atoms with E-state index in [0.717, 1.165) is 0 Å². The van der Waals surface area contributed by atoms with Gasteiger partial charge in [-0.1, -0.05) is 0 Å². The normalized spacial score (nSPS) is 12.9. The Morgan fingerprint density at radius 1 is 1.00 bits per heavy atom. The van der Waals surface area contributed by atoms with Gasteiger partial charge in [0.25, 0.3) is 0 Å². The molecule has 0 atom stereocenters. The van der Waals surface area contributed by atoms with E-state index in [1.54, 1.807) is 0 Å². The fourth-order valence-corrected chi connectivity index (χ4v) is 1.72. The number of carboxylic acid groups (broad SMARTS) is 2. The maximum absolute atomic E-state index is 11.0. The second-order valence-electron chi connectivity index (χ2n) is 4.67. The van der Waals surface area contributed by atoms with Crippen molar-refractivity contribution in [2.24, 2.45) is 10.8 Å². The summed E-state index contributed by atoms with van der Waals surface area (Å²) >= 11 is 0. The van der Waals surface area contributed by atoms with Crippen LogP contribution >= 0.6 is 0 Å². The van der Waals surface area contributed by atoms with Crippen molar-refractivity contribution >= 4 is 11.9 Å². The van der Waals surface area contributed by atoms with Gasteiger partial charge in [0, 0.05) is 7.11 Å². The molecule has 0 aliphatic rings. The van der Waals surface area contributed by atoms with Crippen LogP contribution < -0.4 is 0 Å². The second-order valence-corrected chi connectivity index (χ2v) is 4.67. The van der Waals surface area contributed by atoms with Crippen LogP contribution in [0.4, 0.5) is 0 Å². The smallest absolute Gasteiger partial charge is 0.311 e. The van der Waals surface area contributed by atoms with Crippen LogP contribution in [0.2, 0.25) is 0 Å². The van der Waals surface area contributed by atoms with E-state index in [2.05, 4.69) is 0 Å². The molecule has 5 nitrogen and oxygen atoms in total. The first kappa shape index (κ1) is 13.9. The summed E-state index contributed by atoms with van der Waals surface area (Å²) in [6, 6.07) is 0. The Morgan fingerprint density at radius 3 is 1.40 bits per heavy atom. The lowest BCUT2D eigenvalue weighted by Crippen LogP contribution is -2.50. The number of aliphatic carboxylic acids is 2. The van der Waals surface area contributed by atoms with Crippen molar-refractivity contribution in [2.75, 3.05) is 7.11 Å². The average Bonchev–Trinajstić information content (AvgIpc) is 2.03.